The quantitative estimate of drug-likeness (QED) is 0.662. The van der Waals surface area contributed by atoms with Crippen LogP contribution < -0.4 is 5.32 Å². The van der Waals surface area contributed by atoms with Gasteiger partial charge in [0.2, 0.25) is 5.91 Å². The van der Waals surface area contributed by atoms with E-state index in [0.29, 0.717) is 6.54 Å². The van der Waals surface area contributed by atoms with Crippen LogP contribution in [-0.2, 0) is 4.79 Å². The summed E-state index contributed by atoms with van der Waals surface area (Å²) in [6, 6.07) is 0.0572. The van der Waals surface area contributed by atoms with E-state index in [1.54, 1.807) is 0 Å². The Labute approximate surface area is 85.3 Å². The molecule has 0 radical (unpaired) electrons. The van der Waals surface area contributed by atoms with E-state index < -0.39 is 0 Å². The zero-order valence-electron chi connectivity index (χ0n) is 8.99. The van der Waals surface area contributed by atoms with Crippen LogP contribution in [0.5, 0.6) is 0 Å². The van der Waals surface area contributed by atoms with Crippen molar-refractivity contribution in [3.63, 3.8) is 0 Å². The van der Waals surface area contributed by atoms with Crippen LogP contribution in [0.3, 0.4) is 0 Å². The summed E-state index contributed by atoms with van der Waals surface area (Å²) < 4.78 is 0. The summed E-state index contributed by atoms with van der Waals surface area (Å²) in [5, 5.41) is 12.1. The average Bonchev–Trinajstić information content (AvgIpc) is 2.64. The molecule has 0 spiro atoms. The molecule has 0 aromatic carbocycles. The normalized spacial score (nSPS) is 23.9. The van der Waals surface area contributed by atoms with E-state index in [2.05, 4.69) is 5.32 Å². The molecule has 0 aromatic rings. The highest BCUT2D eigenvalue weighted by Gasteiger charge is 2.30. The molecule has 2 unspecified atom stereocenters. The molecule has 2 N–H and O–H groups in total. The number of likely N-dealkylation sites (tertiary alicyclic amines) is 1. The summed E-state index contributed by atoms with van der Waals surface area (Å²) in [6.07, 6.45) is 1.96. The molecule has 14 heavy (non-hydrogen) atoms. The first kappa shape index (κ1) is 11.5. The molecule has 2 atom stereocenters. The Morgan fingerprint density at radius 2 is 2.43 bits per heavy atom. The van der Waals surface area contributed by atoms with Gasteiger partial charge < -0.3 is 15.3 Å². The van der Waals surface area contributed by atoms with Crippen molar-refractivity contribution in [2.75, 3.05) is 26.7 Å². The number of amides is 1. The van der Waals surface area contributed by atoms with Crippen LogP contribution in [0.1, 0.15) is 19.8 Å². The fraction of sp³-hybridized carbons (Fsp3) is 0.900. The van der Waals surface area contributed by atoms with Crippen molar-refractivity contribution in [3.05, 3.63) is 0 Å². The number of hydrogen-bond acceptors (Lipinski definition) is 3. The summed E-state index contributed by atoms with van der Waals surface area (Å²) >= 11 is 0. The molecule has 1 rings (SSSR count). The molecule has 1 heterocycles. The first-order valence-electron chi connectivity index (χ1n) is 5.26. The highest BCUT2D eigenvalue weighted by molar-refractivity contribution is 5.79. The number of aliphatic hydroxyl groups is 1. The second kappa shape index (κ2) is 5.32. The third-order valence-corrected chi connectivity index (χ3v) is 2.80. The number of hydrogen-bond donors (Lipinski definition) is 2. The topological polar surface area (TPSA) is 52.6 Å². The minimum Gasteiger partial charge on any atom is -0.394 e. The van der Waals surface area contributed by atoms with Crippen molar-refractivity contribution in [2.24, 2.45) is 5.92 Å². The zero-order chi connectivity index (χ0) is 10.6. The maximum Gasteiger partial charge on any atom is 0.227 e. The van der Waals surface area contributed by atoms with Crippen LogP contribution in [0.4, 0.5) is 0 Å². The molecule has 1 amide bonds. The molecular formula is C10H20N2O2. The van der Waals surface area contributed by atoms with E-state index in [9.17, 15) is 4.79 Å². The Hall–Kier alpha value is -0.610. The second-order valence-electron chi connectivity index (χ2n) is 3.97. The predicted molar refractivity (Wildman–Crippen MR) is 54.9 cm³/mol. The molecule has 1 fully saturated rings. The Balaban J connectivity index is 2.50. The van der Waals surface area contributed by atoms with Gasteiger partial charge in [0.25, 0.3) is 0 Å². The van der Waals surface area contributed by atoms with Crippen LogP contribution in [0.15, 0.2) is 0 Å². The van der Waals surface area contributed by atoms with Crippen molar-refractivity contribution in [3.8, 4) is 0 Å². The summed E-state index contributed by atoms with van der Waals surface area (Å²) in [7, 11) is 1.84. The van der Waals surface area contributed by atoms with Gasteiger partial charge in [-0.25, -0.2) is 0 Å². The summed E-state index contributed by atoms with van der Waals surface area (Å²) in [6.45, 7) is 3.52. The van der Waals surface area contributed by atoms with Gasteiger partial charge in [0, 0.05) is 19.0 Å². The minimum absolute atomic E-state index is 0.00662. The van der Waals surface area contributed by atoms with Crippen LogP contribution in [0.2, 0.25) is 0 Å². The summed E-state index contributed by atoms with van der Waals surface area (Å²) in [5.74, 6) is 0.169. The number of nitrogens with one attached hydrogen (secondary N) is 1. The first-order chi connectivity index (χ1) is 6.70. The fourth-order valence-corrected chi connectivity index (χ4v) is 1.99. The minimum atomic E-state index is 0.00662. The maximum absolute atomic E-state index is 11.9. The predicted octanol–water partition coefficient (Wildman–Crippen LogP) is -0.175. The number of rotatable bonds is 4. The highest BCUT2D eigenvalue weighted by atomic mass is 16.3. The van der Waals surface area contributed by atoms with Crippen molar-refractivity contribution >= 4 is 5.91 Å². The van der Waals surface area contributed by atoms with Crippen LogP contribution in [-0.4, -0.2) is 48.7 Å². The lowest BCUT2D eigenvalue weighted by molar-refractivity contribution is -0.136. The summed E-state index contributed by atoms with van der Waals surface area (Å²) in [5.41, 5.74) is 0. The lowest BCUT2D eigenvalue weighted by Gasteiger charge is -2.26. The molecule has 0 saturated carbocycles. The SMILES string of the molecule is CNCC(C)C(=O)N1CCCC1CO. The number of aliphatic hydroxyl groups excluding tert-OH is 1. The second-order valence-corrected chi connectivity index (χ2v) is 3.97. The molecule has 4 heteroatoms. The standard InChI is InChI=1S/C10H20N2O2/c1-8(6-11-2)10(14)12-5-3-4-9(12)7-13/h8-9,11,13H,3-7H2,1-2H3. The molecular weight excluding hydrogens is 180 g/mol. The van der Waals surface area contributed by atoms with Gasteiger partial charge >= 0.3 is 0 Å². The van der Waals surface area contributed by atoms with E-state index >= 15 is 0 Å². The molecule has 4 nitrogen and oxygen atoms in total. The first-order valence-corrected chi connectivity index (χ1v) is 5.26. The van der Waals surface area contributed by atoms with Crippen molar-refractivity contribution < 1.29 is 9.90 Å². The van der Waals surface area contributed by atoms with Crippen LogP contribution in [0.25, 0.3) is 0 Å². The molecule has 1 aliphatic rings. The van der Waals surface area contributed by atoms with Crippen LogP contribution >= 0.6 is 0 Å². The van der Waals surface area contributed by atoms with E-state index in [0.717, 1.165) is 19.4 Å². The van der Waals surface area contributed by atoms with E-state index in [1.165, 1.54) is 0 Å². The smallest absolute Gasteiger partial charge is 0.227 e. The van der Waals surface area contributed by atoms with Crippen molar-refractivity contribution in [1.29, 1.82) is 0 Å². The van der Waals surface area contributed by atoms with Gasteiger partial charge in [-0.05, 0) is 19.9 Å². The Bertz CT molecular complexity index is 197. The Kier molecular flexibility index (Phi) is 4.35. The maximum atomic E-state index is 11.9. The van der Waals surface area contributed by atoms with Crippen LogP contribution in [0, 0.1) is 5.92 Å². The van der Waals surface area contributed by atoms with Gasteiger partial charge in [0.15, 0.2) is 0 Å². The number of nitrogens with zero attached hydrogens (tertiary/aromatic N) is 1. The van der Waals surface area contributed by atoms with E-state index in [1.807, 2.05) is 18.9 Å². The van der Waals surface area contributed by atoms with Gasteiger partial charge in [-0.3, -0.25) is 4.79 Å². The molecule has 1 saturated heterocycles. The molecule has 1 aliphatic heterocycles. The Morgan fingerprint density at radius 3 is 3.00 bits per heavy atom. The third kappa shape index (κ3) is 2.45. The summed E-state index contributed by atoms with van der Waals surface area (Å²) in [4.78, 5) is 13.7. The van der Waals surface area contributed by atoms with E-state index in [4.69, 9.17) is 5.11 Å². The average molecular weight is 200 g/mol. The monoisotopic (exact) mass is 200 g/mol. The zero-order valence-corrected chi connectivity index (χ0v) is 8.99. The molecule has 82 valence electrons. The lowest BCUT2D eigenvalue weighted by Crippen LogP contribution is -2.42. The van der Waals surface area contributed by atoms with E-state index in [-0.39, 0.29) is 24.5 Å². The molecule has 0 aromatic heterocycles. The lowest BCUT2D eigenvalue weighted by atomic mass is 10.1. The van der Waals surface area contributed by atoms with Gasteiger partial charge in [-0.15, -0.1) is 0 Å². The van der Waals surface area contributed by atoms with Gasteiger partial charge in [-0.1, -0.05) is 6.92 Å². The van der Waals surface area contributed by atoms with Gasteiger partial charge in [0.05, 0.1) is 12.6 Å². The Morgan fingerprint density at radius 1 is 1.71 bits per heavy atom. The number of carbonyl (C=O) groups excluding carboxylic acids is 1. The van der Waals surface area contributed by atoms with Gasteiger partial charge in [-0.2, -0.15) is 0 Å². The largest absolute Gasteiger partial charge is 0.394 e. The highest BCUT2D eigenvalue weighted by Crippen LogP contribution is 2.18. The third-order valence-electron chi connectivity index (χ3n) is 2.80. The van der Waals surface area contributed by atoms with Crippen molar-refractivity contribution in [1.82, 2.24) is 10.2 Å². The molecule has 0 aliphatic carbocycles. The number of carbonyl (C=O) groups is 1. The van der Waals surface area contributed by atoms with Gasteiger partial charge in [0.1, 0.15) is 0 Å². The van der Waals surface area contributed by atoms with Crippen molar-refractivity contribution in [2.45, 2.75) is 25.8 Å². The fourth-order valence-electron chi connectivity index (χ4n) is 1.99. The molecule has 0 bridgehead atoms.